The molecule has 1 N–H and O–H groups in total. The molecular formula is C17H19NO2. The van der Waals surface area contributed by atoms with Crippen molar-refractivity contribution < 1.29 is 9.90 Å². The molecule has 0 unspecified atom stereocenters. The van der Waals surface area contributed by atoms with Crippen molar-refractivity contribution in [2.75, 3.05) is 0 Å². The van der Waals surface area contributed by atoms with Crippen molar-refractivity contribution in [2.24, 2.45) is 5.41 Å². The van der Waals surface area contributed by atoms with E-state index in [4.69, 9.17) is 0 Å². The van der Waals surface area contributed by atoms with Gasteiger partial charge in [-0.15, -0.1) is 0 Å². The molecule has 0 bridgehead atoms. The molecule has 1 aromatic carbocycles. The van der Waals surface area contributed by atoms with Crippen molar-refractivity contribution in [3.8, 4) is 0 Å². The lowest BCUT2D eigenvalue weighted by Crippen LogP contribution is -2.30. The molecule has 1 aliphatic carbocycles. The first-order chi connectivity index (χ1) is 9.61. The van der Waals surface area contributed by atoms with Crippen LogP contribution in [0.1, 0.15) is 36.9 Å². The van der Waals surface area contributed by atoms with Gasteiger partial charge in [0.2, 0.25) is 0 Å². The van der Waals surface area contributed by atoms with Crippen LogP contribution in [-0.4, -0.2) is 16.1 Å². The number of rotatable bonds is 3. The minimum Gasteiger partial charge on any atom is -0.481 e. The van der Waals surface area contributed by atoms with E-state index in [-0.39, 0.29) is 0 Å². The lowest BCUT2D eigenvalue weighted by molar-refractivity contribution is -0.148. The van der Waals surface area contributed by atoms with E-state index >= 15 is 0 Å². The fourth-order valence-electron chi connectivity index (χ4n) is 3.42. The van der Waals surface area contributed by atoms with Crippen molar-refractivity contribution in [1.82, 2.24) is 4.98 Å². The number of carboxylic acid groups (broad SMARTS) is 1. The summed E-state index contributed by atoms with van der Waals surface area (Å²) in [5.74, 6) is -0.645. The van der Waals surface area contributed by atoms with Crippen molar-refractivity contribution in [3.05, 3.63) is 41.6 Å². The number of aliphatic carboxylic acids is 1. The number of aryl methyl sites for hydroxylation is 1. The zero-order valence-electron chi connectivity index (χ0n) is 11.7. The van der Waals surface area contributed by atoms with E-state index in [2.05, 4.69) is 4.98 Å². The van der Waals surface area contributed by atoms with Crippen LogP contribution in [0.5, 0.6) is 0 Å². The molecule has 1 aromatic heterocycles. The van der Waals surface area contributed by atoms with E-state index in [9.17, 15) is 9.90 Å². The maximum absolute atomic E-state index is 11.7. The normalized spacial score (nSPS) is 17.4. The Kier molecular flexibility index (Phi) is 3.20. The predicted octanol–water partition coefficient (Wildman–Crippen LogP) is 3.73. The third-order valence-electron chi connectivity index (χ3n) is 4.47. The average molecular weight is 269 g/mol. The molecule has 2 aromatic rings. The summed E-state index contributed by atoms with van der Waals surface area (Å²) >= 11 is 0. The van der Waals surface area contributed by atoms with Gasteiger partial charge in [-0.25, -0.2) is 0 Å². The summed E-state index contributed by atoms with van der Waals surface area (Å²) in [6.07, 6.45) is 4.24. The Morgan fingerprint density at radius 3 is 2.70 bits per heavy atom. The lowest BCUT2D eigenvalue weighted by atomic mass is 9.79. The lowest BCUT2D eigenvalue weighted by Gasteiger charge is -2.24. The first-order valence-electron chi connectivity index (χ1n) is 7.19. The maximum Gasteiger partial charge on any atom is 0.309 e. The van der Waals surface area contributed by atoms with Gasteiger partial charge >= 0.3 is 5.97 Å². The van der Waals surface area contributed by atoms with Gasteiger partial charge in [-0.05, 0) is 43.9 Å². The van der Waals surface area contributed by atoms with Crippen LogP contribution >= 0.6 is 0 Å². The molecule has 0 aliphatic heterocycles. The Hall–Kier alpha value is -1.90. The SMILES string of the molecule is Cc1cc(CC2(C(=O)O)CCCC2)c2ccccc2n1. The predicted molar refractivity (Wildman–Crippen MR) is 78.7 cm³/mol. The largest absolute Gasteiger partial charge is 0.481 e. The zero-order valence-corrected chi connectivity index (χ0v) is 11.7. The number of nitrogens with zero attached hydrogens (tertiary/aromatic N) is 1. The van der Waals surface area contributed by atoms with Gasteiger partial charge in [-0.1, -0.05) is 31.0 Å². The zero-order chi connectivity index (χ0) is 14.2. The van der Waals surface area contributed by atoms with Gasteiger partial charge in [0.05, 0.1) is 10.9 Å². The first-order valence-corrected chi connectivity index (χ1v) is 7.19. The highest BCUT2D eigenvalue weighted by Gasteiger charge is 2.41. The molecule has 1 heterocycles. The molecule has 104 valence electrons. The van der Waals surface area contributed by atoms with Crippen molar-refractivity contribution >= 4 is 16.9 Å². The average Bonchev–Trinajstić information content (AvgIpc) is 2.88. The highest BCUT2D eigenvalue weighted by atomic mass is 16.4. The first kappa shape index (κ1) is 13.1. The van der Waals surface area contributed by atoms with Crippen LogP contribution in [-0.2, 0) is 11.2 Å². The van der Waals surface area contributed by atoms with Gasteiger partial charge in [0.15, 0.2) is 0 Å². The van der Waals surface area contributed by atoms with Crippen LogP contribution < -0.4 is 0 Å². The van der Waals surface area contributed by atoms with Crippen LogP contribution in [0.2, 0.25) is 0 Å². The van der Waals surface area contributed by atoms with E-state index in [1.165, 1.54) is 0 Å². The smallest absolute Gasteiger partial charge is 0.309 e. The van der Waals surface area contributed by atoms with Crippen molar-refractivity contribution in [2.45, 2.75) is 39.0 Å². The second-order valence-electron chi connectivity index (χ2n) is 5.91. The molecule has 3 nitrogen and oxygen atoms in total. The third-order valence-corrected chi connectivity index (χ3v) is 4.47. The highest BCUT2D eigenvalue weighted by molar-refractivity contribution is 5.84. The minimum atomic E-state index is -0.645. The molecule has 0 atom stereocenters. The Labute approximate surface area is 118 Å². The van der Waals surface area contributed by atoms with Crippen molar-refractivity contribution in [3.63, 3.8) is 0 Å². The highest BCUT2D eigenvalue weighted by Crippen LogP contribution is 2.42. The molecule has 0 spiro atoms. The molecule has 3 rings (SSSR count). The number of aromatic nitrogens is 1. The van der Waals surface area contributed by atoms with E-state index in [1.807, 2.05) is 37.3 Å². The standard InChI is InChI=1S/C17H19NO2/c1-12-10-13(14-6-2-3-7-15(14)18-12)11-17(16(19)20)8-4-5-9-17/h2-3,6-7,10H,4-5,8-9,11H2,1H3,(H,19,20). The topological polar surface area (TPSA) is 50.2 Å². The molecule has 1 saturated carbocycles. The summed E-state index contributed by atoms with van der Waals surface area (Å²) in [6, 6.07) is 10.0. The number of pyridine rings is 1. The summed E-state index contributed by atoms with van der Waals surface area (Å²) in [4.78, 5) is 16.3. The van der Waals surface area contributed by atoms with Crippen LogP contribution in [0.3, 0.4) is 0 Å². The fourth-order valence-corrected chi connectivity index (χ4v) is 3.42. The minimum absolute atomic E-state index is 0.573. The fraction of sp³-hybridized carbons (Fsp3) is 0.412. The quantitative estimate of drug-likeness (QED) is 0.923. The third kappa shape index (κ3) is 2.17. The van der Waals surface area contributed by atoms with Gasteiger partial charge in [-0.3, -0.25) is 9.78 Å². The van der Waals surface area contributed by atoms with Gasteiger partial charge in [0.1, 0.15) is 0 Å². The van der Waals surface area contributed by atoms with Crippen LogP contribution in [0.15, 0.2) is 30.3 Å². The van der Waals surface area contributed by atoms with Gasteiger partial charge < -0.3 is 5.11 Å². The second kappa shape index (κ2) is 4.89. The Morgan fingerprint density at radius 2 is 2.00 bits per heavy atom. The number of benzene rings is 1. The molecule has 1 aliphatic rings. The Bertz CT molecular complexity index is 657. The maximum atomic E-state index is 11.7. The molecule has 1 fully saturated rings. The summed E-state index contributed by atoms with van der Waals surface area (Å²) in [5, 5.41) is 10.7. The van der Waals surface area contributed by atoms with Crippen molar-refractivity contribution in [1.29, 1.82) is 0 Å². The summed E-state index contributed by atoms with van der Waals surface area (Å²) < 4.78 is 0. The summed E-state index contributed by atoms with van der Waals surface area (Å²) in [7, 11) is 0. The van der Waals surface area contributed by atoms with Gasteiger partial charge in [0.25, 0.3) is 0 Å². The van der Waals surface area contributed by atoms with Gasteiger partial charge in [-0.2, -0.15) is 0 Å². The molecule has 0 saturated heterocycles. The number of hydrogen-bond acceptors (Lipinski definition) is 2. The number of carboxylic acids is 1. The van der Waals surface area contributed by atoms with E-state index < -0.39 is 11.4 Å². The molecule has 0 amide bonds. The Balaban J connectivity index is 2.08. The van der Waals surface area contributed by atoms with E-state index in [0.29, 0.717) is 6.42 Å². The molecule has 0 radical (unpaired) electrons. The van der Waals surface area contributed by atoms with E-state index in [0.717, 1.165) is 47.8 Å². The van der Waals surface area contributed by atoms with E-state index in [1.54, 1.807) is 0 Å². The number of para-hydroxylation sites is 1. The second-order valence-corrected chi connectivity index (χ2v) is 5.91. The van der Waals surface area contributed by atoms with Crippen LogP contribution in [0.25, 0.3) is 10.9 Å². The molecule has 20 heavy (non-hydrogen) atoms. The number of carbonyl (C=O) groups is 1. The summed E-state index contributed by atoms with van der Waals surface area (Å²) in [5.41, 5.74) is 2.46. The van der Waals surface area contributed by atoms with Gasteiger partial charge in [0, 0.05) is 11.1 Å². The summed E-state index contributed by atoms with van der Waals surface area (Å²) in [6.45, 7) is 1.97. The number of hydrogen-bond donors (Lipinski definition) is 1. The monoisotopic (exact) mass is 269 g/mol. The molecule has 3 heteroatoms. The number of fused-ring (bicyclic) bond motifs is 1. The van der Waals surface area contributed by atoms with Crippen LogP contribution in [0.4, 0.5) is 0 Å². The Morgan fingerprint density at radius 1 is 1.30 bits per heavy atom. The molecular weight excluding hydrogens is 250 g/mol. The van der Waals surface area contributed by atoms with Crippen LogP contribution in [0, 0.1) is 12.3 Å².